The smallest absolute Gasteiger partial charge is 0.306 e. The van der Waals surface area contributed by atoms with E-state index in [0.29, 0.717) is 37.3 Å². The minimum absolute atomic E-state index is 0.160. The zero-order chi connectivity index (χ0) is 22.8. The Hall–Kier alpha value is -3.67. The molecule has 2 aromatic carbocycles. The molecule has 166 valence electrons. The Bertz CT molecular complexity index is 1000. The highest BCUT2D eigenvalue weighted by atomic mass is 16.5. The normalized spacial score (nSPS) is 11.5. The predicted molar refractivity (Wildman–Crippen MR) is 124 cm³/mol. The summed E-state index contributed by atoms with van der Waals surface area (Å²) in [5.74, 6) is -0.591. The Labute approximate surface area is 188 Å². The van der Waals surface area contributed by atoms with Crippen molar-refractivity contribution in [2.75, 3.05) is 13.2 Å². The van der Waals surface area contributed by atoms with E-state index in [1.165, 1.54) is 0 Å². The molecule has 0 aliphatic carbocycles. The number of hydrogen-bond donors (Lipinski definition) is 2. The Balaban J connectivity index is 1.43. The summed E-state index contributed by atoms with van der Waals surface area (Å²) in [5, 5.41) is 12.1. The van der Waals surface area contributed by atoms with E-state index in [9.17, 15) is 14.7 Å². The average Bonchev–Trinajstić information content (AvgIpc) is 2.83. The summed E-state index contributed by atoms with van der Waals surface area (Å²) >= 11 is 0. The van der Waals surface area contributed by atoms with Crippen LogP contribution in [0.4, 0.5) is 0 Å². The molecule has 6 heteroatoms. The van der Waals surface area contributed by atoms with Crippen molar-refractivity contribution in [3.63, 3.8) is 0 Å². The number of benzene rings is 2. The summed E-state index contributed by atoms with van der Waals surface area (Å²) in [7, 11) is 0. The van der Waals surface area contributed by atoms with Gasteiger partial charge in [-0.1, -0.05) is 43.7 Å². The molecule has 0 radical (unpaired) electrons. The number of rotatable bonds is 11. The molecule has 0 bridgehead atoms. The maximum absolute atomic E-state index is 12.3. The van der Waals surface area contributed by atoms with E-state index >= 15 is 0 Å². The van der Waals surface area contributed by atoms with Gasteiger partial charge in [-0.25, -0.2) is 0 Å². The molecule has 6 nitrogen and oxygen atoms in total. The van der Waals surface area contributed by atoms with Gasteiger partial charge in [0.2, 0.25) is 0 Å². The van der Waals surface area contributed by atoms with Crippen LogP contribution in [0, 0.1) is 5.92 Å². The van der Waals surface area contributed by atoms with E-state index in [2.05, 4.69) is 10.3 Å². The fraction of sp³-hybridized carbons (Fsp3) is 0.269. The highest BCUT2D eigenvalue weighted by Gasteiger charge is 2.16. The molecule has 0 spiro atoms. The van der Waals surface area contributed by atoms with Crippen LogP contribution in [0.1, 0.15) is 35.7 Å². The number of carboxylic acids is 1. The first-order valence-corrected chi connectivity index (χ1v) is 10.8. The molecule has 1 heterocycles. The van der Waals surface area contributed by atoms with Crippen LogP contribution in [0.3, 0.4) is 0 Å². The van der Waals surface area contributed by atoms with E-state index in [1.54, 1.807) is 18.3 Å². The van der Waals surface area contributed by atoms with Crippen LogP contribution in [0.5, 0.6) is 5.75 Å². The van der Waals surface area contributed by atoms with Gasteiger partial charge in [-0.3, -0.25) is 14.6 Å². The highest BCUT2D eigenvalue weighted by molar-refractivity contribution is 5.94. The summed E-state index contributed by atoms with van der Waals surface area (Å²) in [6.45, 7) is 2.70. The number of carboxylic acid groups (broad SMARTS) is 1. The fourth-order valence-electron chi connectivity index (χ4n) is 3.43. The lowest BCUT2D eigenvalue weighted by atomic mass is 9.95. The lowest BCUT2D eigenvalue weighted by Crippen LogP contribution is -2.28. The topological polar surface area (TPSA) is 88.5 Å². The van der Waals surface area contributed by atoms with Gasteiger partial charge >= 0.3 is 5.97 Å². The van der Waals surface area contributed by atoms with Crippen LogP contribution < -0.4 is 10.1 Å². The molecule has 3 aromatic rings. The number of ether oxygens (including phenoxy) is 1. The maximum atomic E-state index is 12.3. The molecule has 3 rings (SSSR count). The fourth-order valence-corrected chi connectivity index (χ4v) is 3.43. The molecule has 1 atom stereocenters. The van der Waals surface area contributed by atoms with Gasteiger partial charge < -0.3 is 15.2 Å². The molecule has 0 saturated carbocycles. The summed E-state index contributed by atoms with van der Waals surface area (Å²) in [4.78, 5) is 27.9. The van der Waals surface area contributed by atoms with Gasteiger partial charge in [0, 0.05) is 17.3 Å². The number of aliphatic carboxylic acids is 1. The predicted octanol–water partition coefficient (Wildman–Crippen LogP) is 4.60. The van der Waals surface area contributed by atoms with Gasteiger partial charge in [-0.05, 0) is 54.8 Å². The van der Waals surface area contributed by atoms with Crippen LogP contribution in [0.2, 0.25) is 0 Å². The molecule has 0 fully saturated rings. The first-order valence-electron chi connectivity index (χ1n) is 10.8. The van der Waals surface area contributed by atoms with Crippen LogP contribution >= 0.6 is 0 Å². The van der Waals surface area contributed by atoms with Crippen molar-refractivity contribution in [1.29, 1.82) is 0 Å². The van der Waals surface area contributed by atoms with Crippen molar-refractivity contribution in [3.05, 3.63) is 84.1 Å². The van der Waals surface area contributed by atoms with E-state index in [0.717, 1.165) is 23.2 Å². The molecular formula is C26H28N2O4. The number of carbonyl (C=O) groups is 2. The zero-order valence-corrected chi connectivity index (χ0v) is 18.2. The third-order valence-corrected chi connectivity index (χ3v) is 5.16. The Morgan fingerprint density at radius 2 is 1.78 bits per heavy atom. The first kappa shape index (κ1) is 23.0. The minimum atomic E-state index is -0.755. The summed E-state index contributed by atoms with van der Waals surface area (Å²) in [6.07, 6.45) is 3.76. The monoisotopic (exact) mass is 432 g/mol. The SMILES string of the molecule is CCCC(Cc1ccc(OCCNC(=O)c2ccc(-c3ccccn3)cc2)cc1)C(=O)O. The quantitative estimate of drug-likeness (QED) is 0.432. The molecule has 0 aliphatic rings. The van der Waals surface area contributed by atoms with Crippen molar-refractivity contribution in [2.45, 2.75) is 26.2 Å². The van der Waals surface area contributed by atoms with Gasteiger partial charge in [0.1, 0.15) is 12.4 Å². The number of carbonyl (C=O) groups excluding carboxylic acids is 1. The van der Waals surface area contributed by atoms with E-state index < -0.39 is 5.97 Å². The van der Waals surface area contributed by atoms with Crippen LogP contribution in [-0.2, 0) is 11.2 Å². The summed E-state index contributed by atoms with van der Waals surface area (Å²) < 4.78 is 5.68. The Kier molecular flexibility index (Phi) is 8.37. The van der Waals surface area contributed by atoms with Crippen LogP contribution in [0.25, 0.3) is 11.3 Å². The molecule has 1 amide bonds. The number of nitrogens with one attached hydrogen (secondary N) is 1. The average molecular weight is 433 g/mol. The van der Waals surface area contributed by atoms with Gasteiger partial charge in [-0.15, -0.1) is 0 Å². The van der Waals surface area contributed by atoms with Crippen molar-refractivity contribution in [3.8, 4) is 17.0 Å². The van der Waals surface area contributed by atoms with E-state index in [1.807, 2.05) is 61.5 Å². The van der Waals surface area contributed by atoms with Crippen molar-refractivity contribution >= 4 is 11.9 Å². The Morgan fingerprint density at radius 1 is 1.03 bits per heavy atom. The third kappa shape index (κ3) is 6.67. The Morgan fingerprint density at radius 3 is 2.41 bits per heavy atom. The molecular weight excluding hydrogens is 404 g/mol. The third-order valence-electron chi connectivity index (χ3n) is 5.16. The number of aromatic nitrogens is 1. The zero-order valence-electron chi connectivity index (χ0n) is 18.2. The summed E-state index contributed by atoms with van der Waals surface area (Å²) in [6, 6.07) is 20.5. The van der Waals surface area contributed by atoms with Crippen molar-refractivity contribution < 1.29 is 19.4 Å². The lowest BCUT2D eigenvalue weighted by molar-refractivity contribution is -0.141. The molecule has 32 heavy (non-hydrogen) atoms. The number of amides is 1. The molecule has 1 aromatic heterocycles. The van der Waals surface area contributed by atoms with Crippen molar-refractivity contribution in [1.82, 2.24) is 10.3 Å². The van der Waals surface area contributed by atoms with Crippen molar-refractivity contribution in [2.24, 2.45) is 5.92 Å². The van der Waals surface area contributed by atoms with E-state index in [-0.39, 0.29) is 11.8 Å². The van der Waals surface area contributed by atoms with Gasteiger partial charge in [-0.2, -0.15) is 0 Å². The number of hydrogen-bond acceptors (Lipinski definition) is 4. The van der Waals surface area contributed by atoms with Gasteiger partial charge in [0.15, 0.2) is 0 Å². The summed E-state index contributed by atoms with van der Waals surface area (Å²) in [5.41, 5.74) is 3.37. The number of nitrogens with zero attached hydrogens (tertiary/aromatic N) is 1. The standard InChI is InChI=1S/C26H28N2O4/c1-2-5-22(26(30)31)18-19-7-13-23(14-8-19)32-17-16-28-25(29)21-11-9-20(10-12-21)24-6-3-4-15-27-24/h3-4,6-15,22H,2,5,16-18H2,1H3,(H,28,29)(H,30,31). The highest BCUT2D eigenvalue weighted by Crippen LogP contribution is 2.19. The first-order chi connectivity index (χ1) is 15.6. The van der Waals surface area contributed by atoms with Gasteiger partial charge in [0.25, 0.3) is 5.91 Å². The number of pyridine rings is 1. The second kappa shape index (κ2) is 11.6. The van der Waals surface area contributed by atoms with Gasteiger partial charge in [0.05, 0.1) is 18.2 Å². The molecule has 2 N–H and O–H groups in total. The molecule has 0 aliphatic heterocycles. The lowest BCUT2D eigenvalue weighted by Gasteiger charge is -2.12. The minimum Gasteiger partial charge on any atom is -0.492 e. The second-order valence-electron chi connectivity index (χ2n) is 7.57. The maximum Gasteiger partial charge on any atom is 0.306 e. The molecule has 0 saturated heterocycles. The second-order valence-corrected chi connectivity index (χ2v) is 7.57. The van der Waals surface area contributed by atoms with E-state index in [4.69, 9.17) is 4.74 Å². The van der Waals surface area contributed by atoms with Crippen LogP contribution in [0.15, 0.2) is 72.9 Å². The largest absolute Gasteiger partial charge is 0.492 e. The van der Waals surface area contributed by atoms with Crippen LogP contribution in [-0.4, -0.2) is 35.1 Å². The molecule has 1 unspecified atom stereocenters.